The van der Waals surface area contributed by atoms with Crippen LogP contribution in [0, 0.1) is 0 Å². The van der Waals surface area contributed by atoms with Gasteiger partial charge in [0.2, 0.25) is 0 Å². The Bertz CT molecular complexity index is 824. The topological polar surface area (TPSA) is 67.1 Å². The van der Waals surface area contributed by atoms with Crippen molar-refractivity contribution in [3.8, 4) is 0 Å². The Morgan fingerprint density at radius 2 is 1.62 bits per heavy atom. The number of hydrogen-bond donors (Lipinski definition) is 2. The SMILES string of the molecule is CCc1nncn1CCNC(=NC)NCC(c1ccccc1)c1ccccc1.I. The minimum Gasteiger partial charge on any atom is -0.355 e. The molecule has 0 spiro atoms. The van der Waals surface area contributed by atoms with Gasteiger partial charge in [-0.15, -0.1) is 34.2 Å². The van der Waals surface area contributed by atoms with Crippen molar-refractivity contribution in [2.75, 3.05) is 20.1 Å². The van der Waals surface area contributed by atoms with Crippen LogP contribution in [-0.4, -0.2) is 40.9 Å². The first-order valence-corrected chi connectivity index (χ1v) is 9.73. The van der Waals surface area contributed by atoms with Crippen LogP contribution in [0.5, 0.6) is 0 Å². The second-order valence-corrected chi connectivity index (χ2v) is 6.55. The van der Waals surface area contributed by atoms with E-state index in [1.165, 1.54) is 11.1 Å². The fourth-order valence-corrected chi connectivity index (χ4v) is 3.25. The fraction of sp³-hybridized carbons (Fsp3) is 0.318. The molecular formula is C22H29IN6. The lowest BCUT2D eigenvalue weighted by Crippen LogP contribution is -2.40. The first-order valence-electron chi connectivity index (χ1n) is 9.73. The third-order valence-corrected chi connectivity index (χ3v) is 4.76. The van der Waals surface area contributed by atoms with Crippen LogP contribution in [0.1, 0.15) is 29.8 Å². The molecule has 29 heavy (non-hydrogen) atoms. The maximum atomic E-state index is 4.36. The van der Waals surface area contributed by atoms with Gasteiger partial charge in [-0.2, -0.15) is 0 Å². The Kier molecular flexibility index (Phi) is 9.63. The third kappa shape index (κ3) is 6.56. The van der Waals surface area contributed by atoms with E-state index in [0.717, 1.165) is 37.8 Å². The Morgan fingerprint density at radius 3 is 2.17 bits per heavy atom. The summed E-state index contributed by atoms with van der Waals surface area (Å²) in [6.45, 7) is 4.41. The molecule has 2 N–H and O–H groups in total. The van der Waals surface area contributed by atoms with Crippen LogP contribution in [0.2, 0.25) is 0 Å². The number of aliphatic imine (C=N–C) groups is 1. The van der Waals surface area contributed by atoms with Crippen molar-refractivity contribution >= 4 is 29.9 Å². The van der Waals surface area contributed by atoms with Crippen LogP contribution >= 0.6 is 24.0 Å². The number of nitrogens with one attached hydrogen (secondary N) is 2. The minimum atomic E-state index is 0. The zero-order chi connectivity index (χ0) is 19.6. The molecule has 3 aromatic rings. The summed E-state index contributed by atoms with van der Waals surface area (Å²) in [5.74, 6) is 2.05. The van der Waals surface area contributed by atoms with Gasteiger partial charge >= 0.3 is 0 Å². The summed E-state index contributed by atoms with van der Waals surface area (Å²) in [7, 11) is 1.80. The van der Waals surface area contributed by atoms with Crippen LogP contribution in [0.4, 0.5) is 0 Å². The van der Waals surface area contributed by atoms with Gasteiger partial charge in [-0.25, -0.2) is 0 Å². The maximum absolute atomic E-state index is 4.36. The lowest BCUT2D eigenvalue weighted by Gasteiger charge is -2.20. The van der Waals surface area contributed by atoms with E-state index in [1.54, 1.807) is 13.4 Å². The predicted molar refractivity (Wildman–Crippen MR) is 129 cm³/mol. The van der Waals surface area contributed by atoms with Gasteiger partial charge in [-0.05, 0) is 11.1 Å². The Morgan fingerprint density at radius 1 is 1.00 bits per heavy atom. The second-order valence-electron chi connectivity index (χ2n) is 6.55. The fourth-order valence-electron chi connectivity index (χ4n) is 3.25. The van der Waals surface area contributed by atoms with E-state index < -0.39 is 0 Å². The molecular weight excluding hydrogens is 475 g/mol. The van der Waals surface area contributed by atoms with E-state index in [0.29, 0.717) is 0 Å². The van der Waals surface area contributed by atoms with Gasteiger partial charge in [0.15, 0.2) is 5.96 Å². The van der Waals surface area contributed by atoms with Crippen molar-refractivity contribution in [3.05, 3.63) is 83.9 Å². The van der Waals surface area contributed by atoms with Crippen molar-refractivity contribution < 1.29 is 0 Å². The van der Waals surface area contributed by atoms with E-state index >= 15 is 0 Å². The molecule has 3 rings (SSSR count). The molecule has 0 unspecified atom stereocenters. The third-order valence-electron chi connectivity index (χ3n) is 4.76. The summed E-state index contributed by atoms with van der Waals surface area (Å²) in [5.41, 5.74) is 2.57. The van der Waals surface area contributed by atoms with Crippen molar-refractivity contribution in [3.63, 3.8) is 0 Å². The number of aromatic nitrogens is 3. The summed E-state index contributed by atoms with van der Waals surface area (Å²) >= 11 is 0. The highest BCUT2D eigenvalue weighted by atomic mass is 127. The van der Waals surface area contributed by atoms with E-state index in [2.05, 4.69) is 98.0 Å². The number of halogens is 1. The van der Waals surface area contributed by atoms with E-state index in [1.807, 2.05) is 0 Å². The first kappa shape index (κ1) is 22.9. The normalized spacial score (nSPS) is 11.2. The van der Waals surface area contributed by atoms with E-state index in [-0.39, 0.29) is 29.9 Å². The smallest absolute Gasteiger partial charge is 0.191 e. The zero-order valence-electron chi connectivity index (χ0n) is 17.0. The molecule has 6 nitrogen and oxygen atoms in total. The molecule has 2 aromatic carbocycles. The molecule has 0 fully saturated rings. The maximum Gasteiger partial charge on any atom is 0.191 e. The molecule has 1 aromatic heterocycles. The zero-order valence-corrected chi connectivity index (χ0v) is 19.3. The van der Waals surface area contributed by atoms with Gasteiger partial charge in [0, 0.05) is 39.0 Å². The standard InChI is InChI=1S/C22H28N6.HI/c1-3-21-27-26-17-28(21)15-14-24-22(23-2)25-16-20(18-10-6-4-7-11-18)19-12-8-5-9-13-19;/h4-13,17,20H,3,14-16H2,1-2H3,(H2,23,24,25);1H. The monoisotopic (exact) mass is 504 g/mol. The summed E-state index contributed by atoms with van der Waals surface area (Å²) in [6, 6.07) is 21.1. The number of rotatable bonds is 8. The number of benzene rings is 2. The quantitative estimate of drug-likeness (QED) is 0.280. The Balaban J connectivity index is 0.00000300. The predicted octanol–water partition coefficient (Wildman–Crippen LogP) is 3.46. The van der Waals surface area contributed by atoms with Crippen LogP contribution in [0.3, 0.4) is 0 Å². The summed E-state index contributed by atoms with van der Waals surface area (Å²) in [5, 5.41) is 14.9. The molecule has 1 heterocycles. The van der Waals surface area contributed by atoms with Crippen molar-refractivity contribution in [2.24, 2.45) is 4.99 Å². The van der Waals surface area contributed by atoms with Gasteiger partial charge in [0.05, 0.1) is 0 Å². The molecule has 154 valence electrons. The first-order chi connectivity index (χ1) is 13.8. The molecule has 0 aliphatic carbocycles. The number of guanidine groups is 1. The van der Waals surface area contributed by atoms with Crippen molar-refractivity contribution in [1.82, 2.24) is 25.4 Å². The van der Waals surface area contributed by atoms with Crippen LogP contribution < -0.4 is 10.6 Å². The number of hydrogen-bond acceptors (Lipinski definition) is 3. The van der Waals surface area contributed by atoms with Crippen LogP contribution in [-0.2, 0) is 13.0 Å². The number of nitrogens with zero attached hydrogens (tertiary/aromatic N) is 4. The highest BCUT2D eigenvalue weighted by molar-refractivity contribution is 14.0. The molecule has 7 heteroatoms. The molecule has 0 saturated carbocycles. The van der Waals surface area contributed by atoms with Crippen LogP contribution in [0.15, 0.2) is 72.0 Å². The van der Waals surface area contributed by atoms with Crippen LogP contribution in [0.25, 0.3) is 0 Å². The van der Waals surface area contributed by atoms with Gasteiger partial charge < -0.3 is 15.2 Å². The average molecular weight is 504 g/mol. The van der Waals surface area contributed by atoms with Gasteiger partial charge in [-0.3, -0.25) is 4.99 Å². The Hall–Kier alpha value is -2.42. The molecule has 0 radical (unpaired) electrons. The molecule has 0 amide bonds. The molecule has 0 aliphatic rings. The largest absolute Gasteiger partial charge is 0.355 e. The van der Waals surface area contributed by atoms with E-state index in [9.17, 15) is 0 Å². The second kappa shape index (κ2) is 12.2. The molecule has 0 atom stereocenters. The van der Waals surface area contributed by atoms with Gasteiger partial charge in [0.1, 0.15) is 12.2 Å². The number of aryl methyl sites for hydroxylation is 1. The van der Waals surface area contributed by atoms with Gasteiger partial charge in [0.25, 0.3) is 0 Å². The van der Waals surface area contributed by atoms with E-state index in [4.69, 9.17) is 0 Å². The average Bonchev–Trinajstić information content (AvgIpc) is 3.21. The lowest BCUT2D eigenvalue weighted by atomic mass is 9.91. The summed E-state index contributed by atoms with van der Waals surface area (Å²) in [4.78, 5) is 4.36. The minimum absolute atomic E-state index is 0. The Labute approximate surface area is 189 Å². The molecule has 0 aliphatic heterocycles. The van der Waals surface area contributed by atoms with Crippen molar-refractivity contribution in [1.29, 1.82) is 0 Å². The molecule has 0 bridgehead atoms. The highest BCUT2D eigenvalue weighted by Gasteiger charge is 2.14. The lowest BCUT2D eigenvalue weighted by molar-refractivity contribution is 0.629. The summed E-state index contributed by atoms with van der Waals surface area (Å²) in [6.07, 6.45) is 2.65. The highest BCUT2D eigenvalue weighted by Crippen LogP contribution is 2.23. The van der Waals surface area contributed by atoms with Gasteiger partial charge in [-0.1, -0.05) is 67.6 Å². The molecule has 0 saturated heterocycles. The van der Waals surface area contributed by atoms with Crippen molar-refractivity contribution in [2.45, 2.75) is 25.8 Å². The summed E-state index contributed by atoms with van der Waals surface area (Å²) < 4.78 is 2.07.